The molecule has 27 heavy (non-hydrogen) atoms. The van der Waals surface area contributed by atoms with Crippen molar-refractivity contribution in [3.8, 4) is 23.2 Å². The average molecular weight is 390 g/mol. The Morgan fingerprint density at radius 1 is 1.30 bits per heavy atom. The Kier molecular flexibility index (Phi) is 4.61. The summed E-state index contributed by atoms with van der Waals surface area (Å²) in [6, 6.07) is 9.85. The highest BCUT2D eigenvalue weighted by molar-refractivity contribution is 6.33. The largest absolute Gasteiger partial charge is 0.467 e. The van der Waals surface area contributed by atoms with Crippen molar-refractivity contribution in [1.82, 2.24) is 10.1 Å². The van der Waals surface area contributed by atoms with Crippen molar-refractivity contribution in [2.24, 2.45) is 0 Å². The molecule has 0 bridgehead atoms. The van der Waals surface area contributed by atoms with E-state index in [9.17, 15) is 10.1 Å². The zero-order valence-corrected chi connectivity index (χ0v) is 14.5. The lowest BCUT2D eigenvalue weighted by Crippen LogP contribution is -2.14. The summed E-state index contributed by atoms with van der Waals surface area (Å²) in [4.78, 5) is 14.8. The van der Waals surface area contributed by atoms with E-state index in [4.69, 9.17) is 30.3 Å². The zero-order valence-electron chi connectivity index (χ0n) is 13.8. The van der Waals surface area contributed by atoms with E-state index in [-0.39, 0.29) is 37.6 Å². The van der Waals surface area contributed by atoms with Gasteiger partial charge < -0.3 is 14.2 Å². The first-order valence-electron chi connectivity index (χ1n) is 7.84. The van der Waals surface area contributed by atoms with E-state index < -0.39 is 4.92 Å². The number of aromatic nitrogens is 2. The highest BCUT2D eigenvalue weighted by Crippen LogP contribution is 2.33. The molecule has 2 aromatic carbocycles. The van der Waals surface area contributed by atoms with Crippen LogP contribution in [-0.4, -0.2) is 21.9 Å². The van der Waals surface area contributed by atoms with Crippen LogP contribution < -0.4 is 9.47 Å². The highest BCUT2D eigenvalue weighted by atomic mass is 35.5. The predicted molar refractivity (Wildman–Crippen MR) is 92.5 cm³/mol. The van der Waals surface area contributed by atoms with Crippen molar-refractivity contribution < 1.29 is 23.7 Å². The van der Waals surface area contributed by atoms with Crippen molar-refractivity contribution in [2.45, 2.75) is 13.2 Å². The average Bonchev–Trinajstić information content (AvgIpc) is 3.15. The number of nitro benzene ring substituents is 1. The maximum atomic E-state index is 11.1. The molecule has 0 saturated heterocycles. The summed E-state index contributed by atoms with van der Waals surface area (Å²) in [5.74, 6) is 0.777. The normalized spacial score (nSPS) is 12.9. The number of fused-ring (bicyclic) bond motifs is 1. The highest BCUT2D eigenvalue weighted by Gasteiger charge is 2.22. The number of ether oxygens (including phenoxy) is 3. The molecule has 1 aliphatic heterocycles. The second-order valence-corrected chi connectivity index (χ2v) is 6.02. The van der Waals surface area contributed by atoms with Crippen LogP contribution in [0.15, 0.2) is 40.9 Å². The van der Waals surface area contributed by atoms with Gasteiger partial charge in [0.15, 0.2) is 6.79 Å². The van der Waals surface area contributed by atoms with Gasteiger partial charge in [0.1, 0.15) is 12.4 Å². The van der Waals surface area contributed by atoms with Gasteiger partial charge in [-0.2, -0.15) is 4.98 Å². The van der Waals surface area contributed by atoms with Crippen LogP contribution >= 0.6 is 11.6 Å². The summed E-state index contributed by atoms with van der Waals surface area (Å²) in [5.41, 5.74) is 1.59. The number of non-ortho nitro benzene ring substituents is 1. The third-order valence-corrected chi connectivity index (χ3v) is 4.19. The third-order valence-electron chi connectivity index (χ3n) is 3.86. The monoisotopic (exact) mass is 389 g/mol. The molecule has 0 amide bonds. The number of benzene rings is 2. The molecule has 138 valence electrons. The van der Waals surface area contributed by atoms with Crippen LogP contribution in [0.5, 0.6) is 11.8 Å². The fourth-order valence-electron chi connectivity index (χ4n) is 2.65. The first kappa shape index (κ1) is 17.3. The van der Waals surface area contributed by atoms with Crippen LogP contribution in [0.2, 0.25) is 5.02 Å². The minimum atomic E-state index is -0.486. The van der Waals surface area contributed by atoms with E-state index in [1.165, 1.54) is 12.1 Å². The molecule has 3 aromatic rings. The summed E-state index contributed by atoms with van der Waals surface area (Å²) in [5, 5.41) is 15.5. The van der Waals surface area contributed by atoms with Gasteiger partial charge in [-0.05, 0) is 12.1 Å². The van der Waals surface area contributed by atoms with Gasteiger partial charge in [0.25, 0.3) is 5.69 Å². The first-order chi connectivity index (χ1) is 13.1. The molecule has 0 radical (unpaired) electrons. The second kappa shape index (κ2) is 7.22. The summed E-state index contributed by atoms with van der Waals surface area (Å²) in [7, 11) is 0. The first-order valence-corrected chi connectivity index (χ1v) is 8.22. The molecule has 1 aromatic heterocycles. The Morgan fingerprint density at radius 3 is 2.96 bits per heavy atom. The second-order valence-electron chi connectivity index (χ2n) is 5.61. The van der Waals surface area contributed by atoms with Crippen LogP contribution in [0.3, 0.4) is 0 Å². The van der Waals surface area contributed by atoms with E-state index >= 15 is 0 Å². The molecule has 9 nitrogen and oxygen atoms in total. The van der Waals surface area contributed by atoms with Crippen molar-refractivity contribution >= 4 is 17.3 Å². The third kappa shape index (κ3) is 3.55. The van der Waals surface area contributed by atoms with Crippen molar-refractivity contribution in [1.29, 1.82) is 0 Å². The Balaban J connectivity index is 1.56. The van der Waals surface area contributed by atoms with Gasteiger partial charge in [0, 0.05) is 28.8 Å². The predicted octanol–water partition coefficient (Wildman–Crippen LogP) is 3.74. The molecule has 10 heteroatoms. The standard InChI is InChI=1S/C17H12ClN3O6/c18-14-4-2-1-3-13(14)16-19-17(27-20-16)25-8-11-6-12(21(22)23)5-10-7-24-9-26-15(10)11/h1-6H,7-9H2. The lowest BCUT2D eigenvalue weighted by molar-refractivity contribution is -0.385. The fraction of sp³-hybridized carbons (Fsp3) is 0.176. The van der Waals surface area contributed by atoms with Gasteiger partial charge in [0.2, 0.25) is 5.82 Å². The molecular formula is C17H12ClN3O6. The van der Waals surface area contributed by atoms with Crippen molar-refractivity contribution in [2.75, 3.05) is 6.79 Å². The molecule has 0 atom stereocenters. The quantitative estimate of drug-likeness (QED) is 0.479. The molecule has 0 N–H and O–H groups in total. The van der Waals surface area contributed by atoms with Crippen LogP contribution in [0.1, 0.15) is 11.1 Å². The Bertz CT molecular complexity index is 1010. The molecule has 0 spiro atoms. The summed E-state index contributed by atoms with van der Waals surface area (Å²) in [6.07, 6.45) is -0.0859. The SMILES string of the molecule is O=[N+]([O-])c1cc2c(c(COc3nc(-c4ccccc4Cl)no3)c1)OCOC2. The molecule has 1 aliphatic rings. The fourth-order valence-corrected chi connectivity index (χ4v) is 2.87. The smallest absolute Gasteiger partial charge is 0.418 e. The molecule has 0 fully saturated rings. The van der Waals surface area contributed by atoms with Crippen molar-refractivity contribution in [3.05, 3.63) is 62.7 Å². The maximum Gasteiger partial charge on any atom is 0.418 e. The molecule has 0 aliphatic carbocycles. The van der Waals surface area contributed by atoms with Crippen LogP contribution in [0, 0.1) is 10.1 Å². The van der Waals surface area contributed by atoms with E-state index in [1.54, 1.807) is 24.3 Å². The molecule has 4 rings (SSSR count). The van der Waals surface area contributed by atoms with Crippen LogP contribution in [-0.2, 0) is 18.0 Å². The number of nitrogens with zero attached hydrogens (tertiary/aromatic N) is 3. The Morgan fingerprint density at radius 2 is 2.15 bits per heavy atom. The number of hydrogen-bond donors (Lipinski definition) is 0. The maximum absolute atomic E-state index is 11.1. The minimum Gasteiger partial charge on any atom is -0.467 e. The minimum absolute atomic E-state index is 0.0475. The van der Waals surface area contributed by atoms with Crippen LogP contribution in [0.25, 0.3) is 11.4 Å². The van der Waals surface area contributed by atoms with Crippen molar-refractivity contribution in [3.63, 3.8) is 0 Å². The van der Waals surface area contributed by atoms with Gasteiger partial charge in [-0.25, -0.2) is 0 Å². The molecule has 2 heterocycles. The molecule has 0 saturated carbocycles. The summed E-state index contributed by atoms with van der Waals surface area (Å²) < 4.78 is 21.2. The number of rotatable bonds is 5. The molecular weight excluding hydrogens is 378 g/mol. The van der Waals surface area contributed by atoms with E-state index in [0.29, 0.717) is 27.5 Å². The summed E-state index contributed by atoms with van der Waals surface area (Å²) in [6.45, 7) is 0.240. The number of halogens is 1. The topological polar surface area (TPSA) is 110 Å². The lowest BCUT2D eigenvalue weighted by atomic mass is 10.1. The van der Waals surface area contributed by atoms with E-state index in [2.05, 4.69) is 10.1 Å². The zero-order chi connectivity index (χ0) is 18.8. The molecule has 0 unspecified atom stereocenters. The Labute approximate surface area is 157 Å². The number of nitro groups is 1. The van der Waals surface area contributed by atoms with Crippen LogP contribution in [0.4, 0.5) is 5.69 Å². The van der Waals surface area contributed by atoms with Gasteiger partial charge in [-0.3, -0.25) is 14.6 Å². The van der Waals surface area contributed by atoms with E-state index in [0.717, 1.165) is 0 Å². The van der Waals surface area contributed by atoms with Gasteiger partial charge in [-0.15, -0.1) is 0 Å². The van der Waals surface area contributed by atoms with E-state index in [1.807, 2.05) is 0 Å². The number of hydrogen-bond acceptors (Lipinski definition) is 8. The van der Waals surface area contributed by atoms with Gasteiger partial charge >= 0.3 is 6.08 Å². The van der Waals surface area contributed by atoms with Gasteiger partial charge in [0.05, 0.1) is 16.6 Å². The lowest BCUT2D eigenvalue weighted by Gasteiger charge is -2.20. The Hall–Kier alpha value is -3.17. The van der Waals surface area contributed by atoms with Gasteiger partial charge in [-0.1, -0.05) is 28.9 Å². The summed E-state index contributed by atoms with van der Waals surface area (Å²) >= 11 is 6.11.